The Bertz CT molecular complexity index is 898. The van der Waals surface area contributed by atoms with Gasteiger partial charge in [0.05, 0.1) is 12.1 Å². The number of hydrogen-bond donors (Lipinski definition) is 1. The molecule has 1 aliphatic rings. The summed E-state index contributed by atoms with van der Waals surface area (Å²) in [5, 5.41) is 11.3. The highest BCUT2D eigenvalue weighted by molar-refractivity contribution is 9.10. The monoisotopic (exact) mass is 415 g/mol. The van der Waals surface area contributed by atoms with Gasteiger partial charge >= 0.3 is 0 Å². The number of amides is 1. The van der Waals surface area contributed by atoms with Crippen LogP contribution in [0, 0.1) is 20.8 Å². The van der Waals surface area contributed by atoms with Crippen molar-refractivity contribution in [1.82, 2.24) is 0 Å². The molecule has 5 heteroatoms. The van der Waals surface area contributed by atoms with Crippen molar-refractivity contribution < 1.29 is 14.7 Å². The number of aliphatic hydroxyl groups is 1. The van der Waals surface area contributed by atoms with Gasteiger partial charge in [-0.05, 0) is 57.0 Å². The summed E-state index contributed by atoms with van der Waals surface area (Å²) in [6, 6.07) is 9.25. The third-order valence-corrected chi connectivity index (χ3v) is 5.48. The molecule has 1 aliphatic heterocycles. The van der Waals surface area contributed by atoms with Crippen molar-refractivity contribution in [2.75, 3.05) is 11.4 Å². The third-order valence-electron chi connectivity index (χ3n) is 4.98. The smallest absolute Gasteiger partial charge is 0.264 e. The molecule has 0 saturated heterocycles. The Labute approximate surface area is 162 Å². The van der Waals surface area contributed by atoms with Crippen LogP contribution in [0.5, 0.6) is 0 Å². The quantitative estimate of drug-likeness (QED) is 0.761. The lowest BCUT2D eigenvalue weighted by atomic mass is 9.85. The summed E-state index contributed by atoms with van der Waals surface area (Å²) < 4.78 is 0.760. The van der Waals surface area contributed by atoms with Crippen LogP contribution < -0.4 is 4.90 Å². The van der Waals surface area contributed by atoms with Gasteiger partial charge in [-0.15, -0.1) is 0 Å². The summed E-state index contributed by atoms with van der Waals surface area (Å²) in [6.45, 7) is 8.04. The molecule has 26 heavy (non-hydrogen) atoms. The predicted molar refractivity (Wildman–Crippen MR) is 106 cm³/mol. The van der Waals surface area contributed by atoms with E-state index in [1.807, 2.05) is 45.9 Å². The van der Waals surface area contributed by atoms with Gasteiger partial charge in [0.2, 0.25) is 0 Å². The molecule has 1 heterocycles. The van der Waals surface area contributed by atoms with Crippen LogP contribution in [0.1, 0.15) is 46.0 Å². The molecule has 1 atom stereocenters. The zero-order chi connectivity index (χ0) is 19.2. The number of halogens is 1. The van der Waals surface area contributed by atoms with Crippen LogP contribution in [-0.2, 0) is 10.4 Å². The van der Waals surface area contributed by atoms with Crippen LogP contribution in [0.4, 0.5) is 5.69 Å². The molecule has 0 saturated carbocycles. The highest BCUT2D eigenvalue weighted by Gasteiger charge is 2.50. The Morgan fingerprint density at radius 2 is 1.77 bits per heavy atom. The van der Waals surface area contributed by atoms with Gasteiger partial charge in [-0.3, -0.25) is 9.59 Å². The van der Waals surface area contributed by atoms with Crippen LogP contribution in [0.15, 0.2) is 34.8 Å². The normalized spacial score (nSPS) is 19.0. The van der Waals surface area contributed by atoms with E-state index in [0.29, 0.717) is 23.4 Å². The van der Waals surface area contributed by atoms with Crippen molar-refractivity contribution in [1.29, 1.82) is 0 Å². The molecule has 0 aromatic heterocycles. The van der Waals surface area contributed by atoms with Crippen LogP contribution in [-0.4, -0.2) is 23.3 Å². The maximum atomic E-state index is 13.1. The molecule has 0 radical (unpaired) electrons. The molecule has 1 amide bonds. The molecule has 0 spiro atoms. The van der Waals surface area contributed by atoms with Gasteiger partial charge in [-0.2, -0.15) is 0 Å². The van der Waals surface area contributed by atoms with Crippen molar-refractivity contribution in [3.05, 3.63) is 62.6 Å². The summed E-state index contributed by atoms with van der Waals surface area (Å²) in [5.41, 5.74) is 2.70. The Hall–Kier alpha value is -1.98. The molecular formula is C21H22BrNO3. The second kappa shape index (κ2) is 6.63. The number of carbonyl (C=O) groups excluding carboxylic acids is 2. The van der Waals surface area contributed by atoms with Crippen molar-refractivity contribution in [3.63, 3.8) is 0 Å². The average molecular weight is 416 g/mol. The zero-order valence-electron chi connectivity index (χ0n) is 15.4. The standard InChI is InChI=1S/C21H22BrNO3/c1-5-23-17-7-6-15(22)10-16(17)21(26,20(23)25)11-18(24)19-13(3)8-12(2)9-14(19)4/h6-10,26H,5,11H2,1-4H3. The summed E-state index contributed by atoms with van der Waals surface area (Å²) >= 11 is 3.39. The molecule has 136 valence electrons. The minimum absolute atomic E-state index is 0.222. The Balaban J connectivity index is 2.06. The van der Waals surface area contributed by atoms with Crippen molar-refractivity contribution in [3.8, 4) is 0 Å². The fourth-order valence-electron chi connectivity index (χ4n) is 3.95. The number of aryl methyl sites for hydroxylation is 3. The number of benzene rings is 2. The maximum absolute atomic E-state index is 13.1. The molecule has 2 aromatic carbocycles. The maximum Gasteiger partial charge on any atom is 0.264 e. The van der Waals surface area contributed by atoms with E-state index in [2.05, 4.69) is 15.9 Å². The fourth-order valence-corrected chi connectivity index (χ4v) is 4.31. The number of hydrogen-bond acceptors (Lipinski definition) is 3. The molecule has 3 rings (SSSR count). The Morgan fingerprint density at radius 3 is 2.35 bits per heavy atom. The molecular weight excluding hydrogens is 394 g/mol. The van der Waals surface area contributed by atoms with E-state index in [1.165, 1.54) is 4.90 Å². The minimum Gasteiger partial charge on any atom is -0.375 e. The molecule has 1 unspecified atom stereocenters. The highest BCUT2D eigenvalue weighted by Crippen LogP contribution is 2.44. The number of rotatable bonds is 4. The SMILES string of the molecule is CCN1C(=O)C(O)(CC(=O)c2c(C)cc(C)cc2C)c2cc(Br)ccc21. The first kappa shape index (κ1) is 18.8. The molecule has 0 bridgehead atoms. The summed E-state index contributed by atoms with van der Waals surface area (Å²) in [7, 11) is 0. The van der Waals surface area contributed by atoms with E-state index in [0.717, 1.165) is 21.2 Å². The van der Waals surface area contributed by atoms with E-state index in [-0.39, 0.29) is 12.2 Å². The van der Waals surface area contributed by atoms with Gasteiger partial charge < -0.3 is 10.0 Å². The lowest BCUT2D eigenvalue weighted by molar-refractivity contribution is -0.135. The van der Waals surface area contributed by atoms with Crippen molar-refractivity contribution >= 4 is 33.3 Å². The first-order chi connectivity index (χ1) is 12.2. The van der Waals surface area contributed by atoms with Gasteiger partial charge in [-0.1, -0.05) is 33.6 Å². The lowest BCUT2D eigenvalue weighted by Gasteiger charge is -2.23. The molecule has 4 nitrogen and oxygen atoms in total. The van der Waals surface area contributed by atoms with Crippen LogP contribution in [0.2, 0.25) is 0 Å². The number of Topliss-reactive ketones (excluding diaryl/α,β-unsaturated/α-hetero) is 1. The number of fused-ring (bicyclic) bond motifs is 1. The van der Waals surface area contributed by atoms with E-state index >= 15 is 0 Å². The first-order valence-corrected chi connectivity index (χ1v) is 9.43. The second-order valence-electron chi connectivity index (χ2n) is 6.94. The Kier molecular flexibility index (Phi) is 4.80. The first-order valence-electron chi connectivity index (χ1n) is 8.64. The number of anilines is 1. The van der Waals surface area contributed by atoms with Crippen LogP contribution in [0.3, 0.4) is 0 Å². The largest absolute Gasteiger partial charge is 0.375 e. The summed E-state index contributed by atoms with van der Waals surface area (Å²) in [5.74, 6) is -0.663. The average Bonchev–Trinajstić information content (AvgIpc) is 2.74. The Morgan fingerprint density at radius 1 is 1.15 bits per heavy atom. The van der Waals surface area contributed by atoms with Gasteiger partial charge in [0.25, 0.3) is 5.91 Å². The van der Waals surface area contributed by atoms with E-state index in [4.69, 9.17) is 0 Å². The van der Waals surface area contributed by atoms with Crippen molar-refractivity contribution in [2.45, 2.75) is 39.7 Å². The molecule has 1 N–H and O–H groups in total. The van der Waals surface area contributed by atoms with Crippen molar-refractivity contribution in [2.24, 2.45) is 0 Å². The van der Waals surface area contributed by atoms with Crippen LogP contribution >= 0.6 is 15.9 Å². The highest BCUT2D eigenvalue weighted by atomic mass is 79.9. The van der Waals surface area contributed by atoms with Gasteiger partial charge in [0.15, 0.2) is 11.4 Å². The molecule has 2 aromatic rings. The van der Waals surface area contributed by atoms with E-state index in [1.54, 1.807) is 12.1 Å². The number of likely N-dealkylation sites (N-methyl/N-ethyl adjacent to an activating group) is 1. The summed E-state index contributed by atoms with van der Waals surface area (Å²) in [6.07, 6.45) is -0.267. The van der Waals surface area contributed by atoms with E-state index < -0.39 is 11.5 Å². The minimum atomic E-state index is -1.84. The fraction of sp³-hybridized carbons (Fsp3) is 0.333. The second-order valence-corrected chi connectivity index (χ2v) is 7.86. The van der Waals surface area contributed by atoms with Gasteiger partial charge in [0.1, 0.15) is 0 Å². The summed E-state index contributed by atoms with van der Waals surface area (Å²) in [4.78, 5) is 27.5. The van der Waals surface area contributed by atoms with Gasteiger partial charge in [-0.25, -0.2) is 0 Å². The van der Waals surface area contributed by atoms with E-state index in [9.17, 15) is 14.7 Å². The number of ketones is 1. The van der Waals surface area contributed by atoms with Gasteiger partial charge in [0, 0.05) is 22.1 Å². The number of carbonyl (C=O) groups is 2. The van der Waals surface area contributed by atoms with Crippen LogP contribution in [0.25, 0.3) is 0 Å². The molecule has 0 aliphatic carbocycles. The lowest BCUT2D eigenvalue weighted by Crippen LogP contribution is -2.41. The topological polar surface area (TPSA) is 57.6 Å². The number of nitrogens with zero attached hydrogens (tertiary/aromatic N) is 1. The predicted octanol–water partition coefficient (Wildman–Crippen LogP) is 4.20. The third kappa shape index (κ3) is 2.89. The zero-order valence-corrected chi connectivity index (χ0v) is 17.0. The molecule has 0 fully saturated rings.